The summed E-state index contributed by atoms with van der Waals surface area (Å²) in [5.74, 6) is 0. The van der Waals surface area contributed by atoms with Crippen molar-refractivity contribution in [3.63, 3.8) is 0 Å². The van der Waals surface area contributed by atoms with E-state index in [1.807, 2.05) is 48.5 Å². The Kier molecular flexibility index (Phi) is 2.38. The topological polar surface area (TPSA) is 49.8 Å². The largest absolute Gasteiger partial charge is 0.398 e. The molecule has 2 rings (SSSR count). The second-order valence-corrected chi connectivity index (χ2v) is 3.29. The van der Waals surface area contributed by atoms with Gasteiger partial charge in [0.25, 0.3) is 0 Å². The van der Waals surface area contributed by atoms with Crippen molar-refractivity contribution in [3.8, 4) is 6.07 Å². The average Bonchev–Trinajstić information content (AvgIpc) is 2.29. The van der Waals surface area contributed by atoms with Gasteiger partial charge in [0, 0.05) is 11.8 Å². The van der Waals surface area contributed by atoms with Crippen LogP contribution in [0.1, 0.15) is 5.56 Å². The molecule has 0 saturated heterocycles. The molecule has 0 bridgehead atoms. The van der Waals surface area contributed by atoms with Crippen molar-refractivity contribution >= 4 is 16.5 Å². The summed E-state index contributed by atoms with van der Waals surface area (Å²) in [6.07, 6.45) is 1.35. The molecule has 0 aliphatic heterocycles. The first-order valence-corrected chi connectivity index (χ1v) is 4.66. The third-order valence-electron chi connectivity index (χ3n) is 2.30. The van der Waals surface area contributed by atoms with Crippen molar-refractivity contribution in [3.05, 3.63) is 54.1 Å². The number of hydrogen-bond donors (Lipinski definition) is 1. The van der Waals surface area contributed by atoms with Gasteiger partial charge in [-0.1, -0.05) is 36.4 Å². The van der Waals surface area contributed by atoms with Crippen LogP contribution in [0.25, 0.3) is 16.5 Å². The predicted molar refractivity (Wildman–Crippen MR) is 61.7 cm³/mol. The van der Waals surface area contributed by atoms with Crippen LogP contribution in [0.3, 0.4) is 0 Å². The normalized spacial score (nSPS) is 11.3. The number of nitrogens with zero attached hydrogens (tertiary/aromatic N) is 1. The van der Waals surface area contributed by atoms with E-state index in [0.29, 0.717) is 5.70 Å². The zero-order valence-corrected chi connectivity index (χ0v) is 8.14. The minimum atomic E-state index is 0.503. The molecule has 2 aromatic rings. The summed E-state index contributed by atoms with van der Waals surface area (Å²) in [5.41, 5.74) is 7.12. The summed E-state index contributed by atoms with van der Waals surface area (Å²) >= 11 is 0. The smallest absolute Gasteiger partial charge is 0.0933 e. The van der Waals surface area contributed by atoms with E-state index in [4.69, 9.17) is 11.0 Å². The average molecular weight is 194 g/mol. The van der Waals surface area contributed by atoms with Crippen LogP contribution in [0.15, 0.2) is 48.5 Å². The molecule has 2 nitrogen and oxygen atoms in total. The third kappa shape index (κ3) is 1.82. The summed E-state index contributed by atoms with van der Waals surface area (Å²) in [4.78, 5) is 0. The summed E-state index contributed by atoms with van der Waals surface area (Å²) in [7, 11) is 0. The Bertz CT molecular complexity index is 562. The van der Waals surface area contributed by atoms with Crippen molar-refractivity contribution in [1.29, 1.82) is 5.26 Å². The molecular weight excluding hydrogens is 184 g/mol. The molecule has 15 heavy (non-hydrogen) atoms. The SMILES string of the molecule is N#C/C=C(\N)c1ccc2ccccc2c1. The van der Waals surface area contributed by atoms with Gasteiger partial charge in [-0.3, -0.25) is 0 Å². The lowest BCUT2D eigenvalue weighted by molar-refractivity contribution is 1.50. The van der Waals surface area contributed by atoms with Crippen molar-refractivity contribution in [2.75, 3.05) is 0 Å². The van der Waals surface area contributed by atoms with E-state index in [0.717, 1.165) is 10.9 Å². The van der Waals surface area contributed by atoms with E-state index in [2.05, 4.69) is 0 Å². The lowest BCUT2D eigenvalue weighted by Gasteiger charge is -2.02. The summed E-state index contributed by atoms with van der Waals surface area (Å²) in [6, 6.07) is 15.9. The van der Waals surface area contributed by atoms with E-state index in [-0.39, 0.29) is 0 Å². The minimum Gasteiger partial charge on any atom is -0.398 e. The van der Waals surface area contributed by atoms with Gasteiger partial charge in [-0.05, 0) is 22.4 Å². The molecule has 2 heteroatoms. The van der Waals surface area contributed by atoms with Gasteiger partial charge in [-0.25, -0.2) is 0 Å². The Morgan fingerprint density at radius 3 is 2.60 bits per heavy atom. The molecule has 0 fully saturated rings. The highest BCUT2D eigenvalue weighted by atomic mass is 14.6. The number of hydrogen-bond acceptors (Lipinski definition) is 2. The first kappa shape index (κ1) is 9.29. The van der Waals surface area contributed by atoms with Gasteiger partial charge in [0.05, 0.1) is 6.07 Å². The van der Waals surface area contributed by atoms with Gasteiger partial charge >= 0.3 is 0 Å². The van der Waals surface area contributed by atoms with Crippen LogP contribution in [-0.4, -0.2) is 0 Å². The van der Waals surface area contributed by atoms with Crippen LogP contribution in [0.5, 0.6) is 0 Å². The second-order valence-electron chi connectivity index (χ2n) is 3.29. The Morgan fingerprint density at radius 2 is 1.87 bits per heavy atom. The van der Waals surface area contributed by atoms with Crippen molar-refractivity contribution in [2.24, 2.45) is 5.73 Å². The van der Waals surface area contributed by atoms with Crippen molar-refractivity contribution in [1.82, 2.24) is 0 Å². The number of fused-ring (bicyclic) bond motifs is 1. The number of nitriles is 1. The molecule has 0 unspecified atom stereocenters. The molecule has 0 amide bonds. The van der Waals surface area contributed by atoms with E-state index in [9.17, 15) is 0 Å². The molecule has 0 aliphatic carbocycles. The van der Waals surface area contributed by atoms with Crippen LogP contribution in [0.2, 0.25) is 0 Å². The van der Waals surface area contributed by atoms with Crippen LogP contribution < -0.4 is 5.73 Å². The quantitative estimate of drug-likeness (QED) is 0.709. The van der Waals surface area contributed by atoms with Gasteiger partial charge in [0.15, 0.2) is 0 Å². The highest BCUT2D eigenvalue weighted by Gasteiger charge is 1.97. The zero-order chi connectivity index (χ0) is 10.7. The Labute approximate surface area is 88.3 Å². The van der Waals surface area contributed by atoms with E-state index in [1.165, 1.54) is 11.5 Å². The summed E-state index contributed by atoms with van der Waals surface area (Å²) in [5, 5.41) is 10.8. The van der Waals surface area contributed by atoms with Crippen LogP contribution in [0, 0.1) is 11.3 Å². The lowest BCUT2D eigenvalue weighted by atomic mass is 10.1. The Morgan fingerprint density at radius 1 is 1.13 bits per heavy atom. The van der Waals surface area contributed by atoms with Crippen molar-refractivity contribution < 1.29 is 0 Å². The van der Waals surface area contributed by atoms with Crippen LogP contribution in [-0.2, 0) is 0 Å². The fourth-order valence-electron chi connectivity index (χ4n) is 1.52. The van der Waals surface area contributed by atoms with Gasteiger partial charge in [-0.2, -0.15) is 5.26 Å². The molecule has 0 atom stereocenters. The standard InChI is InChI=1S/C13H10N2/c14-8-7-13(15)12-6-5-10-3-1-2-4-11(10)9-12/h1-7,9H,15H2/b13-7-. The third-order valence-corrected chi connectivity index (χ3v) is 2.30. The number of rotatable bonds is 1. The summed E-state index contributed by atoms with van der Waals surface area (Å²) < 4.78 is 0. The zero-order valence-electron chi connectivity index (χ0n) is 8.14. The maximum absolute atomic E-state index is 8.50. The van der Waals surface area contributed by atoms with Crippen LogP contribution >= 0.6 is 0 Å². The Balaban J connectivity index is 2.57. The molecule has 2 aromatic carbocycles. The van der Waals surface area contributed by atoms with Crippen molar-refractivity contribution in [2.45, 2.75) is 0 Å². The molecule has 2 N–H and O–H groups in total. The molecule has 0 aromatic heterocycles. The molecule has 0 radical (unpaired) electrons. The van der Waals surface area contributed by atoms with Crippen LogP contribution in [0.4, 0.5) is 0 Å². The number of benzene rings is 2. The maximum Gasteiger partial charge on any atom is 0.0933 e. The number of allylic oxidation sites excluding steroid dienone is 1. The fraction of sp³-hybridized carbons (Fsp3) is 0. The van der Waals surface area contributed by atoms with E-state index < -0.39 is 0 Å². The van der Waals surface area contributed by atoms with Gasteiger partial charge in [0.2, 0.25) is 0 Å². The second kappa shape index (κ2) is 3.85. The predicted octanol–water partition coefficient (Wildman–Crippen LogP) is 2.66. The fourth-order valence-corrected chi connectivity index (χ4v) is 1.52. The highest BCUT2D eigenvalue weighted by Crippen LogP contribution is 2.18. The monoisotopic (exact) mass is 194 g/mol. The molecule has 0 aliphatic rings. The maximum atomic E-state index is 8.50. The molecular formula is C13H10N2. The Hall–Kier alpha value is -2.27. The summed E-state index contributed by atoms with van der Waals surface area (Å²) in [6.45, 7) is 0. The highest BCUT2D eigenvalue weighted by molar-refractivity contribution is 5.86. The van der Waals surface area contributed by atoms with E-state index >= 15 is 0 Å². The minimum absolute atomic E-state index is 0.503. The molecule has 0 spiro atoms. The first-order chi connectivity index (χ1) is 7.31. The van der Waals surface area contributed by atoms with Gasteiger partial charge in [-0.15, -0.1) is 0 Å². The molecule has 0 heterocycles. The number of nitrogens with two attached hydrogens (primary N) is 1. The molecule has 72 valence electrons. The lowest BCUT2D eigenvalue weighted by Crippen LogP contribution is -1.95. The van der Waals surface area contributed by atoms with Gasteiger partial charge in [0.1, 0.15) is 0 Å². The van der Waals surface area contributed by atoms with E-state index in [1.54, 1.807) is 0 Å². The van der Waals surface area contributed by atoms with Gasteiger partial charge < -0.3 is 5.73 Å². The molecule has 0 saturated carbocycles. The first-order valence-electron chi connectivity index (χ1n) is 4.66.